The first kappa shape index (κ1) is 14.7. The molecule has 0 bridgehead atoms. The first-order valence-corrected chi connectivity index (χ1v) is 6.91. The molecule has 0 N–H and O–H groups in total. The molecule has 2 aromatic rings. The van der Waals surface area contributed by atoms with Crippen molar-refractivity contribution in [2.75, 3.05) is 6.61 Å². The number of halogens is 1. The highest BCUT2D eigenvalue weighted by Crippen LogP contribution is 2.24. The van der Waals surface area contributed by atoms with E-state index in [0.29, 0.717) is 5.82 Å². The molecule has 20 heavy (non-hydrogen) atoms. The number of ether oxygens (including phenoxy) is 2. The Morgan fingerprint density at radius 3 is 2.90 bits per heavy atom. The van der Waals surface area contributed by atoms with Crippen molar-refractivity contribution in [3.63, 3.8) is 0 Å². The van der Waals surface area contributed by atoms with Gasteiger partial charge in [-0.25, -0.2) is 4.79 Å². The van der Waals surface area contributed by atoms with Crippen LogP contribution in [0.15, 0.2) is 6.20 Å². The van der Waals surface area contributed by atoms with Gasteiger partial charge >= 0.3 is 6.16 Å². The lowest BCUT2D eigenvalue weighted by Gasteiger charge is -2.14. The van der Waals surface area contributed by atoms with Crippen LogP contribution in [0.4, 0.5) is 4.79 Å². The Morgan fingerprint density at radius 2 is 2.30 bits per heavy atom. The number of carbonyl (C=O) groups excluding carboxylic acids is 1. The molecule has 1 unspecified atom stereocenters. The van der Waals surface area contributed by atoms with Gasteiger partial charge in [0.25, 0.3) is 0 Å². The number of rotatable bonds is 4. The molecule has 0 radical (unpaired) electrons. The molecule has 0 saturated heterocycles. The Labute approximate surface area is 128 Å². The highest BCUT2D eigenvalue weighted by atomic mass is 127. The summed E-state index contributed by atoms with van der Waals surface area (Å²) in [6.07, 6.45) is 0.247. The maximum absolute atomic E-state index is 11.3. The van der Waals surface area contributed by atoms with Crippen molar-refractivity contribution in [3.8, 4) is 11.5 Å². The van der Waals surface area contributed by atoms with E-state index in [9.17, 15) is 4.79 Å². The van der Waals surface area contributed by atoms with Crippen LogP contribution in [-0.4, -0.2) is 42.7 Å². The first-order valence-electron chi connectivity index (χ1n) is 5.83. The normalized spacial score (nSPS) is 12.2. The zero-order chi connectivity index (χ0) is 14.7. The number of tetrazole rings is 1. The summed E-state index contributed by atoms with van der Waals surface area (Å²) in [7, 11) is 1.79. The third-order valence-corrected chi connectivity index (χ3v) is 3.26. The predicted octanol–water partition coefficient (Wildman–Crippen LogP) is 1.37. The first-order chi connectivity index (χ1) is 9.54. The van der Waals surface area contributed by atoms with Crippen molar-refractivity contribution in [2.45, 2.75) is 20.1 Å². The molecule has 0 fully saturated rings. The number of hydrogen-bond donors (Lipinski definition) is 0. The quantitative estimate of drug-likeness (QED) is 0.573. The average Bonchev–Trinajstić information content (AvgIpc) is 2.96. The third kappa shape index (κ3) is 2.89. The fourth-order valence-electron chi connectivity index (χ4n) is 1.60. The van der Waals surface area contributed by atoms with Gasteiger partial charge in [-0.2, -0.15) is 9.78 Å². The van der Waals surface area contributed by atoms with Crippen molar-refractivity contribution >= 4 is 28.7 Å². The minimum absolute atomic E-state index is 0.244. The fourth-order valence-corrected chi connectivity index (χ4v) is 2.31. The van der Waals surface area contributed by atoms with Gasteiger partial charge in [0.2, 0.25) is 5.82 Å². The van der Waals surface area contributed by atoms with Crippen LogP contribution >= 0.6 is 22.6 Å². The molecule has 108 valence electrons. The van der Waals surface area contributed by atoms with E-state index in [1.807, 2.05) is 0 Å². The second-order valence-corrected chi connectivity index (χ2v) is 4.97. The largest absolute Gasteiger partial charge is 0.510 e. The van der Waals surface area contributed by atoms with Gasteiger partial charge in [0.05, 0.1) is 16.4 Å². The molecule has 0 aliphatic heterocycles. The molecular weight excluding hydrogens is 379 g/mol. The van der Waals surface area contributed by atoms with E-state index in [2.05, 4.69) is 43.2 Å². The summed E-state index contributed by atoms with van der Waals surface area (Å²) in [6, 6.07) is 0. The van der Waals surface area contributed by atoms with Gasteiger partial charge < -0.3 is 9.47 Å². The summed E-state index contributed by atoms with van der Waals surface area (Å²) in [4.78, 5) is 11.3. The molecule has 0 amide bonds. The van der Waals surface area contributed by atoms with Crippen LogP contribution in [0.3, 0.4) is 0 Å². The van der Waals surface area contributed by atoms with Gasteiger partial charge in [-0.1, -0.05) is 0 Å². The molecule has 1 atom stereocenters. The molecule has 9 nitrogen and oxygen atoms in total. The Balaban J connectivity index is 2.27. The summed E-state index contributed by atoms with van der Waals surface area (Å²) in [5.41, 5.74) is 0.745. The number of aromatic nitrogens is 6. The molecule has 0 saturated carbocycles. The van der Waals surface area contributed by atoms with Crippen molar-refractivity contribution in [2.24, 2.45) is 7.05 Å². The lowest BCUT2D eigenvalue weighted by Crippen LogP contribution is -2.18. The Hall–Kier alpha value is -1.72. The molecule has 10 heteroatoms. The van der Waals surface area contributed by atoms with Crippen LogP contribution in [0.2, 0.25) is 0 Å². The van der Waals surface area contributed by atoms with Crippen LogP contribution in [0.1, 0.15) is 20.1 Å². The summed E-state index contributed by atoms with van der Waals surface area (Å²) in [5.74, 6) is 0.464. The van der Waals surface area contributed by atoms with E-state index in [1.54, 1.807) is 31.8 Å². The third-order valence-electron chi connectivity index (χ3n) is 2.47. The van der Waals surface area contributed by atoms with Crippen molar-refractivity contribution in [1.82, 2.24) is 30.0 Å². The van der Waals surface area contributed by atoms with Crippen molar-refractivity contribution in [3.05, 3.63) is 9.77 Å². The molecule has 2 heterocycles. The van der Waals surface area contributed by atoms with E-state index in [1.165, 1.54) is 4.68 Å². The average molecular weight is 392 g/mol. The number of nitrogens with zero attached hydrogens (tertiary/aromatic N) is 6. The predicted molar refractivity (Wildman–Crippen MR) is 75.6 cm³/mol. The molecule has 0 spiro atoms. The Bertz CT molecular complexity index is 590. The highest BCUT2D eigenvalue weighted by molar-refractivity contribution is 14.1. The molecular formula is C10H13IN6O3. The van der Waals surface area contributed by atoms with Crippen LogP contribution in [0.5, 0.6) is 0 Å². The number of aryl methyl sites for hydroxylation is 1. The number of carbonyl (C=O) groups is 1. The van der Waals surface area contributed by atoms with E-state index < -0.39 is 12.4 Å². The van der Waals surface area contributed by atoms with Crippen molar-refractivity contribution < 1.29 is 14.3 Å². The maximum atomic E-state index is 11.3. The molecule has 0 aromatic carbocycles. The Morgan fingerprint density at radius 1 is 1.55 bits per heavy atom. The molecule has 0 aliphatic carbocycles. The van der Waals surface area contributed by atoms with Gasteiger partial charge in [0, 0.05) is 7.05 Å². The van der Waals surface area contributed by atoms with Gasteiger partial charge in [0.1, 0.15) is 5.69 Å². The molecule has 2 rings (SSSR count). The second kappa shape index (κ2) is 6.15. The van der Waals surface area contributed by atoms with Gasteiger partial charge in [-0.05, 0) is 46.9 Å². The lowest BCUT2D eigenvalue weighted by atomic mass is 10.4. The van der Waals surface area contributed by atoms with Crippen LogP contribution in [-0.2, 0) is 16.5 Å². The van der Waals surface area contributed by atoms with Crippen LogP contribution in [0.25, 0.3) is 11.5 Å². The Kier molecular flexibility index (Phi) is 4.52. The molecule has 0 aliphatic rings. The fraction of sp³-hybridized carbons (Fsp3) is 0.500. The van der Waals surface area contributed by atoms with E-state index in [-0.39, 0.29) is 6.61 Å². The summed E-state index contributed by atoms with van der Waals surface area (Å²) < 4.78 is 13.8. The summed E-state index contributed by atoms with van der Waals surface area (Å²) in [5, 5.41) is 15.6. The minimum atomic E-state index is -0.763. The van der Waals surface area contributed by atoms with Crippen LogP contribution in [0, 0.1) is 3.57 Å². The standard InChI is InChI=1S/C10H13IN6O3/c1-4-19-10(18)20-6(2)17-9(13-14-15-17)8-7(11)5-12-16(8)3/h5-6H,4H2,1-3H3. The topological polar surface area (TPSA) is 97.0 Å². The van der Waals surface area contributed by atoms with Gasteiger partial charge in [-0.3, -0.25) is 4.68 Å². The van der Waals surface area contributed by atoms with E-state index in [0.717, 1.165) is 9.26 Å². The zero-order valence-corrected chi connectivity index (χ0v) is 13.3. The van der Waals surface area contributed by atoms with Crippen molar-refractivity contribution in [1.29, 1.82) is 0 Å². The van der Waals surface area contributed by atoms with Crippen LogP contribution < -0.4 is 0 Å². The summed E-state index contributed by atoms with van der Waals surface area (Å²) in [6.45, 7) is 3.60. The van der Waals surface area contributed by atoms with Gasteiger partial charge in [0.15, 0.2) is 6.23 Å². The van der Waals surface area contributed by atoms with Gasteiger partial charge in [-0.15, -0.1) is 5.10 Å². The number of hydrogen-bond acceptors (Lipinski definition) is 7. The van der Waals surface area contributed by atoms with E-state index >= 15 is 0 Å². The monoisotopic (exact) mass is 392 g/mol. The maximum Gasteiger partial charge on any atom is 0.510 e. The zero-order valence-electron chi connectivity index (χ0n) is 11.1. The second-order valence-electron chi connectivity index (χ2n) is 3.81. The minimum Gasteiger partial charge on any atom is -0.435 e. The van der Waals surface area contributed by atoms with E-state index in [4.69, 9.17) is 9.47 Å². The lowest BCUT2D eigenvalue weighted by molar-refractivity contribution is 0.00140. The summed E-state index contributed by atoms with van der Waals surface area (Å²) >= 11 is 2.14. The highest BCUT2D eigenvalue weighted by Gasteiger charge is 2.22. The smallest absolute Gasteiger partial charge is 0.435 e. The molecule has 2 aromatic heterocycles. The SMILES string of the molecule is CCOC(=O)OC(C)n1nnnc1-c1c(I)cnn1C.